The Kier molecular flexibility index (Phi) is 3.38. The van der Waals surface area contributed by atoms with Crippen molar-refractivity contribution in [2.24, 2.45) is 5.41 Å². The maximum atomic E-state index is 5.73. The summed E-state index contributed by atoms with van der Waals surface area (Å²) in [6.07, 6.45) is 3.27. The van der Waals surface area contributed by atoms with Crippen LogP contribution < -0.4 is 5.32 Å². The van der Waals surface area contributed by atoms with E-state index in [9.17, 15) is 0 Å². The Labute approximate surface area is 104 Å². The van der Waals surface area contributed by atoms with Crippen molar-refractivity contribution in [3.05, 3.63) is 23.9 Å². The van der Waals surface area contributed by atoms with Gasteiger partial charge in [-0.1, -0.05) is 19.9 Å². The minimum Gasteiger partial charge on any atom is -0.378 e. The van der Waals surface area contributed by atoms with E-state index in [1.165, 1.54) is 5.56 Å². The third kappa shape index (κ3) is 2.29. The van der Waals surface area contributed by atoms with Crippen molar-refractivity contribution < 1.29 is 4.74 Å². The molecule has 1 aromatic rings. The topological polar surface area (TPSA) is 34.1 Å². The van der Waals surface area contributed by atoms with Crippen LogP contribution in [0.15, 0.2) is 18.3 Å². The van der Waals surface area contributed by atoms with E-state index >= 15 is 0 Å². The van der Waals surface area contributed by atoms with Crippen molar-refractivity contribution in [2.75, 3.05) is 11.9 Å². The molecule has 0 radical (unpaired) electrons. The van der Waals surface area contributed by atoms with Gasteiger partial charge in [0, 0.05) is 24.3 Å². The van der Waals surface area contributed by atoms with Gasteiger partial charge in [-0.2, -0.15) is 0 Å². The Morgan fingerprint density at radius 1 is 1.53 bits per heavy atom. The number of aryl methyl sites for hydroxylation is 1. The molecule has 1 heterocycles. The van der Waals surface area contributed by atoms with Crippen LogP contribution >= 0.6 is 0 Å². The van der Waals surface area contributed by atoms with Crippen LogP contribution in [0, 0.1) is 12.3 Å². The van der Waals surface area contributed by atoms with Gasteiger partial charge < -0.3 is 10.1 Å². The minimum absolute atomic E-state index is 0.181. The number of anilines is 1. The van der Waals surface area contributed by atoms with E-state index in [0.29, 0.717) is 12.1 Å². The molecule has 0 bridgehead atoms. The van der Waals surface area contributed by atoms with Gasteiger partial charge in [-0.05, 0) is 31.9 Å². The summed E-state index contributed by atoms with van der Waals surface area (Å²) < 4.78 is 5.73. The van der Waals surface area contributed by atoms with Gasteiger partial charge >= 0.3 is 0 Å². The summed E-state index contributed by atoms with van der Waals surface area (Å²) >= 11 is 0. The fraction of sp³-hybridized carbons (Fsp3) is 0.643. The molecular formula is C14H22N2O. The van der Waals surface area contributed by atoms with Crippen LogP contribution in [-0.4, -0.2) is 23.7 Å². The summed E-state index contributed by atoms with van der Waals surface area (Å²) in [5.74, 6) is 1.00. The fourth-order valence-corrected chi connectivity index (χ4v) is 2.42. The average molecular weight is 234 g/mol. The SMILES string of the molecule is CCOC1CC(Nc2ncccc2C)C1(C)C. The highest BCUT2D eigenvalue weighted by Crippen LogP contribution is 2.44. The lowest BCUT2D eigenvalue weighted by Crippen LogP contribution is -2.58. The molecule has 0 aliphatic heterocycles. The van der Waals surface area contributed by atoms with Crippen molar-refractivity contribution >= 4 is 5.82 Å². The number of nitrogens with zero attached hydrogens (tertiary/aromatic N) is 1. The molecule has 3 nitrogen and oxygen atoms in total. The number of rotatable bonds is 4. The Bertz CT molecular complexity index is 390. The number of hydrogen-bond donors (Lipinski definition) is 1. The molecular weight excluding hydrogens is 212 g/mol. The molecule has 0 spiro atoms. The molecule has 0 aromatic carbocycles. The zero-order chi connectivity index (χ0) is 12.5. The summed E-state index contributed by atoms with van der Waals surface area (Å²) in [6.45, 7) is 9.45. The van der Waals surface area contributed by atoms with Crippen LogP contribution in [0.5, 0.6) is 0 Å². The molecule has 2 rings (SSSR count). The second-order valence-electron chi connectivity index (χ2n) is 5.37. The van der Waals surface area contributed by atoms with Crippen LogP contribution in [0.25, 0.3) is 0 Å². The Hall–Kier alpha value is -1.09. The molecule has 2 unspecified atom stereocenters. The number of hydrogen-bond acceptors (Lipinski definition) is 3. The standard InChI is InChI=1S/C14H22N2O/c1-5-17-12-9-11(14(12,3)4)16-13-10(2)7-6-8-15-13/h6-8,11-12H,5,9H2,1-4H3,(H,15,16). The highest BCUT2D eigenvalue weighted by molar-refractivity contribution is 5.44. The predicted octanol–water partition coefficient (Wildman–Crippen LogP) is 3.01. The maximum absolute atomic E-state index is 5.73. The fourth-order valence-electron chi connectivity index (χ4n) is 2.42. The van der Waals surface area contributed by atoms with E-state index in [1.807, 2.05) is 12.3 Å². The molecule has 94 valence electrons. The second kappa shape index (κ2) is 4.65. The average Bonchev–Trinajstić information content (AvgIpc) is 2.30. The summed E-state index contributed by atoms with van der Waals surface area (Å²) in [6, 6.07) is 4.50. The zero-order valence-corrected chi connectivity index (χ0v) is 11.2. The molecule has 2 atom stereocenters. The first kappa shape index (κ1) is 12.4. The predicted molar refractivity (Wildman–Crippen MR) is 70.2 cm³/mol. The first-order valence-corrected chi connectivity index (χ1v) is 6.35. The third-order valence-corrected chi connectivity index (χ3v) is 3.87. The number of aromatic nitrogens is 1. The summed E-state index contributed by atoms with van der Waals surface area (Å²) in [7, 11) is 0. The molecule has 1 N–H and O–H groups in total. The van der Waals surface area contributed by atoms with Crippen molar-refractivity contribution in [1.29, 1.82) is 0 Å². The lowest BCUT2D eigenvalue weighted by molar-refractivity contribution is -0.0976. The highest BCUT2D eigenvalue weighted by Gasteiger charge is 2.49. The zero-order valence-electron chi connectivity index (χ0n) is 11.2. The lowest BCUT2D eigenvalue weighted by Gasteiger charge is -2.51. The van der Waals surface area contributed by atoms with E-state index in [1.54, 1.807) is 0 Å². The molecule has 17 heavy (non-hydrogen) atoms. The van der Waals surface area contributed by atoms with E-state index in [-0.39, 0.29) is 5.41 Å². The normalized spacial score (nSPS) is 26.4. The molecule has 1 aromatic heterocycles. The Morgan fingerprint density at radius 3 is 2.88 bits per heavy atom. The molecule has 1 aliphatic carbocycles. The van der Waals surface area contributed by atoms with Crippen molar-refractivity contribution in [2.45, 2.75) is 46.3 Å². The van der Waals surface area contributed by atoms with Crippen LogP contribution in [0.1, 0.15) is 32.8 Å². The van der Waals surface area contributed by atoms with Crippen LogP contribution in [0.4, 0.5) is 5.82 Å². The van der Waals surface area contributed by atoms with Crippen LogP contribution in [0.2, 0.25) is 0 Å². The largest absolute Gasteiger partial charge is 0.378 e. The summed E-state index contributed by atoms with van der Waals surface area (Å²) in [4.78, 5) is 4.38. The van der Waals surface area contributed by atoms with Gasteiger partial charge in [-0.25, -0.2) is 4.98 Å². The van der Waals surface area contributed by atoms with Gasteiger partial charge in [0.2, 0.25) is 0 Å². The number of pyridine rings is 1. The Balaban J connectivity index is 2.01. The van der Waals surface area contributed by atoms with E-state index in [4.69, 9.17) is 4.74 Å². The minimum atomic E-state index is 0.181. The van der Waals surface area contributed by atoms with E-state index in [0.717, 1.165) is 18.8 Å². The first-order chi connectivity index (χ1) is 8.05. The van der Waals surface area contributed by atoms with Gasteiger partial charge in [0.05, 0.1) is 6.10 Å². The van der Waals surface area contributed by atoms with Crippen molar-refractivity contribution in [3.63, 3.8) is 0 Å². The van der Waals surface area contributed by atoms with E-state index < -0.39 is 0 Å². The molecule has 1 fully saturated rings. The van der Waals surface area contributed by atoms with Gasteiger partial charge in [0.1, 0.15) is 5.82 Å². The van der Waals surface area contributed by atoms with Crippen molar-refractivity contribution in [3.8, 4) is 0 Å². The number of nitrogens with one attached hydrogen (secondary N) is 1. The quantitative estimate of drug-likeness (QED) is 0.869. The lowest BCUT2D eigenvalue weighted by atomic mass is 9.64. The smallest absolute Gasteiger partial charge is 0.129 e. The van der Waals surface area contributed by atoms with Gasteiger partial charge in [-0.15, -0.1) is 0 Å². The van der Waals surface area contributed by atoms with Gasteiger partial charge in [0.25, 0.3) is 0 Å². The summed E-state index contributed by atoms with van der Waals surface area (Å²) in [5.41, 5.74) is 1.38. The third-order valence-electron chi connectivity index (χ3n) is 3.87. The Morgan fingerprint density at radius 2 is 2.29 bits per heavy atom. The van der Waals surface area contributed by atoms with E-state index in [2.05, 4.69) is 44.1 Å². The summed E-state index contributed by atoms with van der Waals surface area (Å²) in [5, 5.41) is 3.53. The molecule has 1 aliphatic rings. The maximum Gasteiger partial charge on any atom is 0.129 e. The second-order valence-corrected chi connectivity index (χ2v) is 5.37. The monoisotopic (exact) mass is 234 g/mol. The molecule has 3 heteroatoms. The molecule has 1 saturated carbocycles. The highest BCUT2D eigenvalue weighted by atomic mass is 16.5. The van der Waals surface area contributed by atoms with Gasteiger partial charge in [0.15, 0.2) is 0 Å². The number of ether oxygens (including phenoxy) is 1. The van der Waals surface area contributed by atoms with Crippen LogP contribution in [0.3, 0.4) is 0 Å². The molecule has 0 amide bonds. The molecule has 0 saturated heterocycles. The van der Waals surface area contributed by atoms with Crippen molar-refractivity contribution in [1.82, 2.24) is 4.98 Å². The van der Waals surface area contributed by atoms with Crippen LogP contribution in [-0.2, 0) is 4.74 Å². The first-order valence-electron chi connectivity index (χ1n) is 6.35. The van der Waals surface area contributed by atoms with Gasteiger partial charge in [-0.3, -0.25) is 0 Å².